The quantitative estimate of drug-likeness (QED) is 0.280. The number of thioether (sulfide) groups is 1. The summed E-state index contributed by atoms with van der Waals surface area (Å²) in [5, 5.41) is 3.20. The van der Waals surface area contributed by atoms with Gasteiger partial charge in [0.15, 0.2) is 5.16 Å². The Hall–Kier alpha value is -2.38. The zero-order valence-electron chi connectivity index (χ0n) is 17.8. The van der Waals surface area contributed by atoms with Crippen molar-refractivity contribution in [3.8, 4) is 11.1 Å². The lowest BCUT2D eigenvalue weighted by Gasteiger charge is -2.31. The van der Waals surface area contributed by atoms with E-state index in [0.29, 0.717) is 28.0 Å². The van der Waals surface area contributed by atoms with E-state index < -0.39 is 0 Å². The summed E-state index contributed by atoms with van der Waals surface area (Å²) in [7, 11) is 1.90. The van der Waals surface area contributed by atoms with Crippen molar-refractivity contribution in [2.75, 3.05) is 12.8 Å². The second-order valence-electron chi connectivity index (χ2n) is 7.88. The van der Waals surface area contributed by atoms with Crippen LogP contribution < -0.4 is 5.56 Å². The molecule has 4 rings (SSSR count). The van der Waals surface area contributed by atoms with E-state index in [2.05, 4.69) is 6.58 Å². The number of nitrogens with zero attached hydrogens (tertiary/aromatic N) is 3. The van der Waals surface area contributed by atoms with Gasteiger partial charge in [-0.25, -0.2) is 4.98 Å². The van der Waals surface area contributed by atoms with E-state index in [1.807, 2.05) is 47.7 Å². The van der Waals surface area contributed by atoms with Gasteiger partial charge in [-0.2, -0.15) is 0 Å². The van der Waals surface area contributed by atoms with Crippen LogP contribution in [0.1, 0.15) is 32.1 Å². The number of amides is 1. The van der Waals surface area contributed by atoms with Crippen molar-refractivity contribution in [2.24, 2.45) is 0 Å². The Morgan fingerprint density at radius 1 is 1.29 bits per heavy atom. The Morgan fingerprint density at radius 3 is 2.74 bits per heavy atom. The molecule has 0 aliphatic heterocycles. The minimum absolute atomic E-state index is 0.0828. The highest BCUT2D eigenvalue weighted by Gasteiger charge is 2.23. The van der Waals surface area contributed by atoms with Crippen LogP contribution >= 0.6 is 23.1 Å². The Bertz CT molecular complexity index is 1130. The number of benzene rings is 1. The van der Waals surface area contributed by atoms with Gasteiger partial charge in [-0.15, -0.1) is 17.9 Å². The smallest absolute Gasteiger partial charge is 0.263 e. The van der Waals surface area contributed by atoms with E-state index >= 15 is 0 Å². The fraction of sp³-hybridized carbons (Fsp3) is 0.375. The maximum atomic E-state index is 13.4. The third kappa shape index (κ3) is 4.62. The number of allylic oxidation sites excluding steroid dienone is 1. The van der Waals surface area contributed by atoms with Crippen LogP contribution in [0.3, 0.4) is 0 Å². The number of carbonyl (C=O) groups excluding carboxylic acids is 1. The molecule has 0 radical (unpaired) electrons. The molecule has 0 spiro atoms. The summed E-state index contributed by atoms with van der Waals surface area (Å²) in [5.41, 5.74) is 1.82. The van der Waals surface area contributed by atoms with Crippen molar-refractivity contribution < 1.29 is 4.79 Å². The average molecular weight is 454 g/mol. The summed E-state index contributed by atoms with van der Waals surface area (Å²) in [6, 6.07) is 10.2. The Morgan fingerprint density at radius 2 is 2.03 bits per heavy atom. The van der Waals surface area contributed by atoms with Gasteiger partial charge < -0.3 is 4.90 Å². The van der Waals surface area contributed by atoms with Gasteiger partial charge in [0.25, 0.3) is 5.56 Å². The summed E-state index contributed by atoms with van der Waals surface area (Å²) in [4.78, 5) is 33.6. The maximum absolute atomic E-state index is 13.4. The molecule has 0 unspecified atom stereocenters. The molecule has 162 valence electrons. The topological polar surface area (TPSA) is 55.2 Å². The molecule has 0 bridgehead atoms. The van der Waals surface area contributed by atoms with Gasteiger partial charge >= 0.3 is 0 Å². The molecule has 31 heavy (non-hydrogen) atoms. The fourth-order valence-electron chi connectivity index (χ4n) is 4.14. The SMILES string of the molecule is C=CCn1c(SCC(=O)N(C)C2CCCCC2)nc2scc(-c3ccccc3)c2c1=O. The highest BCUT2D eigenvalue weighted by atomic mass is 32.2. The van der Waals surface area contributed by atoms with E-state index in [-0.39, 0.29) is 17.2 Å². The van der Waals surface area contributed by atoms with Crippen molar-refractivity contribution in [1.82, 2.24) is 14.5 Å². The molecule has 0 N–H and O–H groups in total. The zero-order chi connectivity index (χ0) is 21.8. The summed E-state index contributed by atoms with van der Waals surface area (Å²) in [6.45, 7) is 4.16. The molecule has 7 heteroatoms. The predicted molar refractivity (Wildman–Crippen MR) is 130 cm³/mol. The van der Waals surface area contributed by atoms with Gasteiger partial charge in [0.05, 0.1) is 11.1 Å². The van der Waals surface area contributed by atoms with Gasteiger partial charge in [0, 0.05) is 30.6 Å². The zero-order valence-corrected chi connectivity index (χ0v) is 19.4. The van der Waals surface area contributed by atoms with E-state index in [1.54, 1.807) is 10.6 Å². The van der Waals surface area contributed by atoms with Gasteiger partial charge in [0.2, 0.25) is 5.91 Å². The lowest BCUT2D eigenvalue weighted by molar-refractivity contribution is -0.129. The number of hydrogen-bond donors (Lipinski definition) is 0. The minimum Gasteiger partial charge on any atom is -0.342 e. The number of fused-ring (bicyclic) bond motifs is 1. The van der Waals surface area contributed by atoms with E-state index in [1.165, 1.54) is 42.4 Å². The molecule has 1 saturated carbocycles. The van der Waals surface area contributed by atoms with Gasteiger partial charge in [0.1, 0.15) is 4.83 Å². The molecular formula is C24H27N3O2S2. The van der Waals surface area contributed by atoms with Crippen molar-refractivity contribution in [2.45, 2.75) is 49.8 Å². The fourth-order valence-corrected chi connectivity index (χ4v) is 6.06. The average Bonchev–Trinajstić information content (AvgIpc) is 3.24. The van der Waals surface area contributed by atoms with Crippen molar-refractivity contribution in [1.29, 1.82) is 0 Å². The molecule has 1 aliphatic rings. The van der Waals surface area contributed by atoms with Crippen LogP contribution in [0.4, 0.5) is 0 Å². The van der Waals surface area contributed by atoms with Gasteiger partial charge in [-0.1, -0.05) is 67.4 Å². The summed E-state index contributed by atoms with van der Waals surface area (Å²) >= 11 is 2.81. The van der Waals surface area contributed by atoms with Crippen LogP contribution in [-0.4, -0.2) is 39.2 Å². The normalized spacial score (nSPS) is 14.6. The number of thiophene rings is 1. The number of carbonyl (C=O) groups is 1. The molecule has 5 nitrogen and oxygen atoms in total. The highest BCUT2D eigenvalue weighted by molar-refractivity contribution is 7.99. The highest BCUT2D eigenvalue weighted by Crippen LogP contribution is 2.32. The van der Waals surface area contributed by atoms with Crippen LogP contribution in [0, 0.1) is 0 Å². The van der Waals surface area contributed by atoms with E-state index in [4.69, 9.17) is 4.98 Å². The monoisotopic (exact) mass is 453 g/mol. The van der Waals surface area contributed by atoms with Crippen LogP contribution in [0.15, 0.2) is 58.3 Å². The molecule has 1 amide bonds. The standard InChI is InChI=1S/C24H27N3O2S2/c1-3-14-27-23(29)21-19(17-10-6-4-7-11-17)15-30-22(21)25-24(27)31-16-20(28)26(2)18-12-8-5-9-13-18/h3-4,6-7,10-11,15,18H,1,5,8-9,12-14,16H2,2H3. The Kier molecular flexibility index (Phi) is 6.92. The largest absolute Gasteiger partial charge is 0.342 e. The molecule has 3 aromatic rings. The van der Waals surface area contributed by atoms with E-state index in [9.17, 15) is 9.59 Å². The van der Waals surface area contributed by atoms with Crippen molar-refractivity contribution >= 4 is 39.2 Å². The molecule has 0 saturated heterocycles. The van der Waals surface area contributed by atoms with Gasteiger partial charge in [-0.05, 0) is 18.4 Å². The molecule has 2 aromatic heterocycles. The molecule has 2 heterocycles. The third-order valence-corrected chi connectivity index (χ3v) is 7.73. The first kappa shape index (κ1) is 21.8. The van der Waals surface area contributed by atoms with Crippen LogP contribution in [0.2, 0.25) is 0 Å². The first-order chi connectivity index (χ1) is 15.1. The summed E-state index contributed by atoms with van der Waals surface area (Å²) < 4.78 is 1.63. The van der Waals surface area contributed by atoms with Crippen LogP contribution in [0.25, 0.3) is 21.3 Å². The minimum atomic E-state index is -0.0828. The predicted octanol–water partition coefficient (Wildman–Crippen LogP) is 5.19. The Labute approximate surface area is 190 Å². The lowest BCUT2D eigenvalue weighted by atomic mass is 9.94. The molecule has 1 fully saturated rings. The number of rotatable bonds is 7. The van der Waals surface area contributed by atoms with Gasteiger partial charge in [-0.3, -0.25) is 14.2 Å². The first-order valence-electron chi connectivity index (χ1n) is 10.7. The van der Waals surface area contributed by atoms with Crippen LogP contribution in [-0.2, 0) is 11.3 Å². The maximum Gasteiger partial charge on any atom is 0.263 e. The third-order valence-electron chi connectivity index (χ3n) is 5.90. The number of hydrogen-bond acceptors (Lipinski definition) is 5. The van der Waals surface area contributed by atoms with Crippen molar-refractivity contribution in [3.05, 3.63) is 58.7 Å². The van der Waals surface area contributed by atoms with E-state index in [0.717, 1.165) is 24.0 Å². The molecule has 0 atom stereocenters. The second kappa shape index (κ2) is 9.83. The summed E-state index contributed by atoms with van der Waals surface area (Å²) in [5.74, 6) is 0.367. The lowest BCUT2D eigenvalue weighted by Crippen LogP contribution is -2.39. The van der Waals surface area contributed by atoms with Crippen LogP contribution in [0.5, 0.6) is 0 Å². The first-order valence-corrected chi connectivity index (χ1v) is 12.5. The van der Waals surface area contributed by atoms with Crippen molar-refractivity contribution in [3.63, 3.8) is 0 Å². The number of aromatic nitrogens is 2. The second-order valence-corrected chi connectivity index (χ2v) is 9.68. The summed E-state index contributed by atoms with van der Waals surface area (Å²) in [6.07, 6.45) is 7.50. The molecule has 1 aliphatic carbocycles. The molecular weight excluding hydrogens is 426 g/mol. The Balaban J connectivity index is 1.62. The molecule has 1 aromatic carbocycles.